The lowest BCUT2D eigenvalue weighted by atomic mass is 10.3. The molecule has 0 bridgehead atoms. The number of nitrogens with zero attached hydrogens (tertiary/aromatic N) is 3. The van der Waals surface area contributed by atoms with Crippen LogP contribution in [0.1, 0.15) is 13.8 Å². The van der Waals surface area contributed by atoms with Gasteiger partial charge in [0.15, 0.2) is 11.6 Å². The van der Waals surface area contributed by atoms with E-state index in [2.05, 4.69) is 41.1 Å². The van der Waals surface area contributed by atoms with E-state index in [4.69, 9.17) is 10.5 Å². The SMILES string of the molecule is COc1c(N)ncnc1NCCN(C)C(C)C. The van der Waals surface area contributed by atoms with Crippen LogP contribution in [0, 0.1) is 0 Å². The van der Waals surface area contributed by atoms with Crippen LogP contribution in [0.5, 0.6) is 5.75 Å². The van der Waals surface area contributed by atoms with Crippen LogP contribution in [-0.2, 0) is 0 Å². The molecule has 6 nitrogen and oxygen atoms in total. The number of rotatable bonds is 6. The van der Waals surface area contributed by atoms with Crippen LogP contribution in [0.2, 0.25) is 0 Å². The number of nitrogens with one attached hydrogen (secondary N) is 1. The zero-order valence-electron chi connectivity index (χ0n) is 10.9. The van der Waals surface area contributed by atoms with Crippen LogP contribution >= 0.6 is 0 Å². The first-order chi connectivity index (χ1) is 8.06. The van der Waals surface area contributed by atoms with Gasteiger partial charge in [0.05, 0.1) is 7.11 Å². The van der Waals surface area contributed by atoms with E-state index in [1.807, 2.05) is 0 Å². The van der Waals surface area contributed by atoms with Gasteiger partial charge in [-0.3, -0.25) is 0 Å². The lowest BCUT2D eigenvalue weighted by Crippen LogP contribution is -2.31. The summed E-state index contributed by atoms with van der Waals surface area (Å²) in [5.41, 5.74) is 5.69. The van der Waals surface area contributed by atoms with E-state index in [0.717, 1.165) is 13.1 Å². The molecule has 1 aromatic rings. The average Bonchev–Trinajstić information content (AvgIpc) is 2.29. The average molecular weight is 239 g/mol. The zero-order chi connectivity index (χ0) is 12.8. The molecule has 0 aliphatic carbocycles. The molecular formula is C11H21N5O. The fraction of sp³-hybridized carbons (Fsp3) is 0.636. The molecule has 0 atom stereocenters. The van der Waals surface area contributed by atoms with Crippen molar-refractivity contribution in [2.24, 2.45) is 0 Å². The van der Waals surface area contributed by atoms with Gasteiger partial charge in [0.25, 0.3) is 0 Å². The maximum Gasteiger partial charge on any atom is 0.203 e. The van der Waals surface area contributed by atoms with E-state index < -0.39 is 0 Å². The van der Waals surface area contributed by atoms with Crippen molar-refractivity contribution in [3.05, 3.63) is 6.33 Å². The van der Waals surface area contributed by atoms with Crippen molar-refractivity contribution in [1.82, 2.24) is 14.9 Å². The Morgan fingerprint density at radius 2 is 2.18 bits per heavy atom. The van der Waals surface area contributed by atoms with Gasteiger partial charge in [-0.1, -0.05) is 0 Å². The minimum atomic E-state index is 0.349. The topological polar surface area (TPSA) is 76.3 Å². The summed E-state index contributed by atoms with van der Waals surface area (Å²) in [6.45, 7) is 6.01. The Morgan fingerprint density at radius 3 is 2.76 bits per heavy atom. The second-order valence-electron chi connectivity index (χ2n) is 4.14. The highest BCUT2D eigenvalue weighted by molar-refractivity contribution is 5.61. The maximum atomic E-state index is 5.69. The fourth-order valence-corrected chi connectivity index (χ4v) is 1.32. The Bertz CT molecular complexity index is 356. The molecule has 1 aromatic heterocycles. The third kappa shape index (κ3) is 3.74. The molecule has 0 saturated heterocycles. The van der Waals surface area contributed by atoms with E-state index in [9.17, 15) is 0 Å². The third-order valence-electron chi connectivity index (χ3n) is 2.67. The summed E-state index contributed by atoms with van der Waals surface area (Å²) < 4.78 is 5.15. The molecule has 96 valence electrons. The summed E-state index contributed by atoms with van der Waals surface area (Å²) in [6.07, 6.45) is 1.42. The highest BCUT2D eigenvalue weighted by Gasteiger charge is 2.09. The second-order valence-corrected chi connectivity index (χ2v) is 4.14. The molecule has 0 spiro atoms. The van der Waals surface area contributed by atoms with Gasteiger partial charge in [-0.2, -0.15) is 0 Å². The molecule has 0 aliphatic heterocycles. The standard InChI is InChI=1S/C11H21N5O/c1-8(2)16(3)6-5-13-11-9(17-4)10(12)14-7-15-11/h7-8H,5-6H2,1-4H3,(H3,12,13,14,15). The summed E-state index contributed by atoms with van der Waals surface area (Å²) in [5, 5.41) is 3.19. The molecule has 3 N–H and O–H groups in total. The van der Waals surface area contributed by atoms with E-state index in [0.29, 0.717) is 23.4 Å². The monoisotopic (exact) mass is 239 g/mol. The van der Waals surface area contributed by atoms with Gasteiger partial charge >= 0.3 is 0 Å². The summed E-state index contributed by atoms with van der Waals surface area (Å²) >= 11 is 0. The number of nitrogen functional groups attached to an aromatic ring is 1. The van der Waals surface area contributed by atoms with Crippen molar-refractivity contribution >= 4 is 11.6 Å². The molecule has 6 heteroatoms. The van der Waals surface area contributed by atoms with Gasteiger partial charge in [0.1, 0.15) is 6.33 Å². The molecule has 1 rings (SSSR count). The summed E-state index contributed by atoms with van der Waals surface area (Å²) in [6, 6.07) is 0.522. The number of hydrogen-bond donors (Lipinski definition) is 2. The summed E-state index contributed by atoms with van der Waals surface area (Å²) in [5.74, 6) is 1.49. The number of anilines is 2. The highest BCUT2D eigenvalue weighted by atomic mass is 16.5. The van der Waals surface area contributed by atoms with Crippen molar-refractivity contribution in [3.8, 4) is 5.75 Å². The van der Waals surface area contributed by atoms with Crippen molar-refractivity contribution in [1.29, 1.82) is 0 Å². The minimum absolute atomic E-state index is 0.349. The molecule has 0 aromatic carbocycles. The van der Waals surface area contributed by atoms with Crippen LogP contribution < -0.4 is 15.8 Å². The molecule has 17 heavy (non-hydrogen) atoms. The van der Waals surface area contributed by atoms with Crippen LogP contribution in [0.4, 0.5) is 11.6 Å². The Kier molecular flexibility index (Phi) is 4.96. The van der Waals surface area contributed by atoms with Gasteiger partial charge in [0, 0.05) is 19.1 Å². The Morgan fingerprint density at radius 1 is 1.47 bits per heavy atom. The number of methoxy groups -OCH3 is 1. The molecule has 0 aliphatic rings. The molecule has 0 amide bonds. The largest absolute Gasteiger partial charge is 0.490 e. The Labute approximate surface area is 102 Å². The fourth-order valence-electron chi connectivity index (χ4n) is 1.32. The highest BCUT2D eigenvalue weighted by Crippen LogP contribution is 2.25. The first kappa shape index (κ1) is 13.5. The van der Waals surface area contributed by atoms with E-state index in [1.165, 1.54) is 6.33 Å². The molecule has 0 radical (unpaired) electrons. The third-order valence-corrected chi connectivity index (χ3v) is 2.67. The number of likely N-dealkylation sites (N-methyl/N-ethyl adjacent to an activating group) is 1. The normalized spacial score (nSPS) is 10.9. The summed E-state index contributed by atoms with van der Waals surface area (Å²) in [4.78, 5) is 10.2. The zero-order valence-corrected chi connectivity index (χ0v) is 10.9. The van der Waals surface area contributed by atoms with E-state index >= 15 is 0 Å². The van der Waals surface area contributed by atoms with Crippen LogP contribution in [0.3, 0.4) is 0 Å². The Hall–Kier alpha value is -1.56. The molecule has 1 heterocycles. The van der Waals surface area contributed by atoms with Crippen molar-refractivity contribution in [2.75, 3.05) is 38.3 Å². The maximum absolute atomic E-state index is 5.69. The van der Waals surface area contributed by atoms with Gasteiger partial charge in [-0.15, -0.1) is 0 Å². The molecule has 0 saturated carbocycles. The van der Waals surface area contributed by atoms with E-state index in [-0.39, 0.29) is 0 Å². The van der Waals surface area contributed by atoms with Gasteiger partial charge in [0.2, 0.25) is 5.75 Å². The molecule has 0 fully saturated rings. The second kappa shape index (κ2) is 6.24. The smallest absolute Gasteiger partial charge is 0.203 e. The van der Waals surface area contributed by atoms with Crippen LogP contribution in [0.15, 0.2) is 6.33 Å². The predicted octanol–water partition coefficient (Wildman–Crippen LogP) is 0.820. The number of aromatic nitrogens is 2. The van der Waals surface area contributed by atoms with Crippen molar-refractivity contribution < 1.29 is 4.74 Å². The molecular weight excluding hydrogens is 218 g/mol. The minimum Gasteiger partial charge on any atom is -0.490 e. The van der Waals surface area contributed by atoms with Crippen molar-refractivity contribution in [3.63, 3.8) is 0 Å². The number of nitrogens with two attached hydrogens (primary N) is 1. The lowest BCUT2D eigenvalue weighted by molar-refractivity contribution is 0.284. The molecule has 0 unspecified atom stereocenters. The van der Waals surface area contributed by atoms with Crippen LogP contribution in [-0.4, -0.2) is 48.2 Å². The van der Waals surface area contributed by atoms with Crippen LogP contribution in [0.25, 0.3) is 0 Å². The quantitative estimate of drug-likeness (QED) is 0.765. The summed E-state index contributed by atoms with van der Waals surface area (Å²) in [7, 11) is 3.64. The first-order valence-electron chi connectivity index (χ1n) is 5.64. The van der Waals surface area contributed by atoms with Gasteiger partial charge in [-0.05, 0) is 20.9 Å². The predicted molar refractivity (Wildman–Crippen MR) is 69.3 cm³/mol. The number of ether oxygens (including phenoxy) is 1. The van der Waals surface area contributed by atoms with Gasteiger partial charge < -0.3 is 20.7 Å². The first-order valence-corrected chi connectivity index (χ1v) is 5.64. The van der Waals surface area contributed by atoms with Gasteiger partial charge in [-0.25, -0.2) is 9.97 Å². The van der Waals surface area contributed by atoms with E-state index in [1.54, 1.807) is 7.11 Å². The lowest BCUT2D eigenvalue weighted by Gasteiger charge is -2.21. The number of hydrogen-bond acceptors (Lipinski definition) is 6. The Balaban J connectivity index is 2.55. The van der Waals surface area contributed by atoms with Crippen molar-refractivity contribution in [2.45, 2.75) is 19.9 Å².